The van der Waals surface area contributed by atoms with E-state index in [1.807, 2.05) is 13.0 Å². The summed E-state index contributed by atoms with van der Waals surface area (Å²) in [5.74, 6) is 0.681. The van der Waals surface area contributed by atoms with Crippen LogP contribution in [0.5, 0.6) is 0 Å². The van der Waals surface area contributed by atoms with Crippen molar-refractivity contribution in [2.24, 2.45) is 16.5 Å². The van der Waals surface area contributed by atoms with Crippen molar-refractivity contribution in [1.82, 2.24) is 6.15 Å². The fraction of sp³-hybridized carbons (Fsp3) is 0.588. The van der Waals surface area contributed by atoms with Crippen LogP contribution in [0.15, 0.2) is 29.4 Å². The number of hydrogen-bond acceptors (Lipinski definition) is 3. The Morgan fingerprint density at radius 2 is 1.95 bits per heavy atom. The molecule has 3 heteroatoms. The van der Waals surface area contributed by atoms with Crippen LogP contribution in [0.25, 0.3) is 0 Å². The Morgan fingerprint density at radius 3 is 2.50 bits per heavy atom. The van der Waals surface area contributed by atoms with E-state index in [9.17, 15) is 0 Å². The lowest BCUT2D eigenvalue weighted by Gasteiger charge is -2.24. The molecule has 0 saturated heterocycles. The monoisotopic (exact) mass is 278 g/mol. The first-order valence-electron chi connectivity index (χ1n) is 7.04. The van der Waals surface area contributed by atoms with E-state index in [1.54, 1.807) is 0 Å². The van der Waals surface area contributed by atoms with E-state index >= 15 is 0 Å². The molecule has 0 amide bonds. The molecule has 20 heavy (non-hydrogen) atoms. The third-order valence-corrected chi connectivity index (χ3v) is 3.05. The summed E-state index contributed by atoms with van der Waals surface area (Å²) in [7, 11) is 0. The molecular formula is C17H30N2O. The van der Waals surface area contributed by atoms with Crippen LogP contribution in [0, 0.1) is 18.3 Å². The highest BCUT2D eigenvalue weighted by Gasteiger charge is 2.20. The first-order valence-corrected chi connectivity index (χ1v) is 7.04. The van der Waals surface area contributed by atoms with Gasteiger partial charge in [0, 0.05) is 5.41 Å². The van der Waals surface area contributed by atoms with Gasteiger partial charge in [0.25, 0.3) is 0 Å². The van der Waals surface area contributed by atoms with Crippen LogP contribution in [0.3, 0.4) is 0 Å². The summed E-state index contributed by atoms with van der Waals surface area (Å²) in [6.07, 6.45) is 1.14. The Kier molecular flexibility index (Phi) is 7.51. The average molecular weight is 278 g/mol. The van der Waals surface area contributed by atoms with Gasteiger partial charge in [-0.15, -0.1) is 0 Å². The highest BCUT2D eigenvalue weighted by Crippen LogP contribution is 2.25. The number of rotatable bonds is 6. The van der Waals surface area contributed by atoms with Crippen LogP contribution in [-0.2, 0) is 4.84 Å². The quantitative estimate of drug-likeness (QED) is 0.590. The van der Waals surface area contributed by atoms with E-state index in [-0.39, 0.29) is 11.6 Å². The van der Waals surface area contributed by atoms with Gasteiger partial charge in [-0.2, -0.15) is 0 Å². The second-order valence-corrected chi connectivity index (χ2v) is 6.58. The van der Waals surface area contributed by atoms with Gasteiger partial charge < -0.3 is 11.0 Å². The summed E-state index contributed by atoms with van der Waals surface area (Å²) in [4.78, 5) is 5.54. The maximum atomic E-state index is 5.54. The summed E-state index contributed by atoms with van der Waals surface area (Å²) < 4.78 is 0. The van der Waals surface area contributed by atoms with Crippen molar-refractivity contribution in [3.63, 3.8) is 0 Å². The molecule has 3 N–H and O–H groups in total. The summed E-state index contributed by atoms with van der Waals surface area (Å²) in [6.45, 7) is 13.7. The third-order valence-electron chi connectivity index (χ3n) is 3.05. The number of hydrogen-bond donors (Lipinski definition) is 1. The van der Waals surface area contributed by atoms with E-state index in [0.29, 0.717) is 12.5 Å². The minimum absolute atomic E-state index is 0. The van der Waals surface area contributed by atoms with Gasteiger partial charge in [-0.05, 0) is 31.7 Å². The largest absolute Gasteiger partial charge is 0.395 e. The van der Waals surface area contributed by atoms with Gasteiger partial charge in [-0.25, -0.2) is 0 Å². The number of nitrogens with zero attached hydrogens (tertiary/aromatic N) is 1. The van der Waals surface area contributed by atoms with E-state index < -0.39 is 0 Å². The summed E-state index contributed by atoms with van der Waals surface area (Å²) in [5, 5.41) is 4.24. The maximum Gasteiger partial charge on any atom is 0.122 e. The predicted octanol–water partition coefficient (Wildman–Crippen LogP) is 4.97. The molecule has 0 aliphatic heterocycles. The van der Waals surface area contributed by atoms with Crippen molar-refractivity contribution in [3.05, 3.63) is 35.4 Å². The smallest absolute Gasteiger partial charge is 0.122 e. The molecule has 0 aliphatic rings. The fourth-order valence-corrected chi connectivity index (χ4v) is 2.39. The molecule has 0 atom stereocenters. The van der Waals surface area contributed by atoms with Crippen LogP contribution < -0.4 is 6.15 Å². The van der Waals surface area contributed by atoms with Crippen molar-refractivity contribution in [3.8, 4) is 0 Å². The lowest BCUT2D eigenvalue weighted by atomic mass is 9.85. The van der Waals surface area contributed by atoms with Gasteiger partial charge in [0.05, 0.1) is 5.71 Å². The Balaban J connectivity index is 0.00000361. The van der Waals surface area contributed by atoms with Crippen molar-refractivity contribution >= 4 is 5.71 Å². The second kappa shape index (κ2) is 8.05. The standard InChI is InChI=1S/C17H27NO.H3N/c1-13(2)11-17(5,6)12-19-18-15(4)16-9-7-8-14(3)10-16;/h7-10,13H,11-12H2,1-6H3;1H3/b18-15+;. The van der Waals surface area contributed by atoms with Gasteiger partial charge in [0.1, 0.15) is 6.61 Å². The van der Waals surface area contributed by atoms with Crippen LogP contribution in [-0.4, -0.2) is 12.3 Å². The molecule has 0 radical (unpaired) electrons. The number of aryl methyl sites for hydroxylation is 1. The first kappa shape index (κ1) is 18.7. The SMILES string of the molecule is C/C(=N\OCC(C)(C)CC(C)C)c1cccc(C)c1.N. The van der Waals surface area contributed by atoms with Crippen LogP contribution >= 0.6 is 0 Å². The average Bonchev–Trinajstić information content (AvgIpc) is 2.26. The van der Waals surface area contributed by atoms with E-state index in [0.717, 1.165) is 17.7 Å². The Morgan fingerprint density at radius 1 is 1.30 bits per heavy atom. The van der Waals surface area contributed by atoms with Crippen LogP contribution in [0.4, 0.5) is 0 Å². The van der Waals surface area contributed by atoms with Gasteiger partial charge >= 0.3 is 0 Å². The van der Waals surface area contributed by atoms with Gasteiger partial charge in [-0.1, -0.05) is 62.7 Å². The van der Waals surface area contributed by atoms with Crippen molar-refractivity contribution in [2.45, 2.75) is 48.0 Å². The van der Waals surface area contributed by atoms with E-state index in [2.05, 4.69) is 58.0 Å². The maximum absolute atomic E-state index is 5.54. The third kappa shape index (κ3) is 6.71. The lowest BCUT2D eigenvalue weighted by Crippen LogP contribution is -2.20. The lowest BCUT2D eigenvalue weighted by molar-refractivity contribution is 0.0559. The topological polar surface area (TPSA) is 56.6 Å². The van der Waals surface area contributed by atoms with Crippen molar-refractivity contribution in [2.75, 3.05) is 6.61 Å². The van der Waals surface area contributed by atoms with Gasteiger partial charge in [0.15, 0.2) is 0 Å². The molecule has 0 spiro atoms. The Hall–Kier alpha value is -1.35. The van der Waals surface area contributed by atoms with E-state index in [1.165, 1.54) is 5.56 Å². The molecule has 0 fully saturated rings. The Bertz CT molecular complexity index is 436. The molecule has 0 aromatic heterocycles. The molecule has 0 heterocycles. The molecule has 1 aromatic rings. The van der Waals surface area contributed by atoms with Gasteiger partial charge in [0.2, 0.25) is 0 Å². The first-order chi connectivity index (χ1) is 8.80. The van der Waals surface area contributed by atoms with Crippen LogP contribution in [0.2, 0.25) is 0 Å². The predicted molar refractivity (Wildman–Crippen MR) is 87.6 cm³/mol. The molecule has 0 unspecified atom stereocenters. The zero-order valence-electron chi connectivity index (χ0n) is 13.9. The van der Waals surface area contributed by atoms with Crippen LogP contribution in [0.1, 0.15) is 52.2 Å². The van der Waals surface area contributed by atoms with Gasteiger partial charge in [-0.3, -0.25) is 0 Å². The minimum Gasteiger partial charge on any atom is -0.395 e. The molecule has 0 bridgehead atoms. The summed E-state index contributed by atoms with van der Waals surface area (Å²) in [6, 6.07) is 8.33. The molecule has 1 aromatic carbocycles. The number of benzene rings is 1. The van der Waals surface area contributed by atoms with Crippen molar-refractivity contribution in [1.29, 1.82) is 0 Å². The summed E-state index contributed by atoms with van der Waals surface area (Å²) in [5.41, 5.74) is 3.47. The minimum atomic E-state index is 0. The molecule has 114 valence electrons. The van der Waals surface area contributed by atoms with Crippen molar-refractivity contribution < 1.29 is 4.84 Å². The summed E-state index contributed by atoms with van der Waals surface area (Å²) >= 11 is 0. The highest BCUT2D eigenvalue weighted by atomic mass is 16.6. The zero-order chi connectivity index (χ0) is 14.5. The highest BCUT2D eigenvalue weighted by molar-refractivity contribution is 5.98. The fourth-order valence-electron chi connectivity index (χ4n) is 2.39. The number of oxime groups is 1. The Labute approximate surface area is 124 Å². The molecule has 1 rings (SSSR count). The molecule has 0 saturated carbocycles. The molecular weight excluding hydrogens is 248 g/mol. The van der Waals surface area contributed by atoms with E-state index in [4.69, 9.17) is 4.84 Å². The second-order valence-electron chi connectivity index (χ2n) is 6.58. The molecule has 0 aliphatic carbocycles. The normalized spacial score (nSPS) is 12.2. The molecule has 3 nitrogen and oxygen atoms in total. The zero-order valence-corrected chi connectivity index (χ0v) is 13.9.